The molecular formula is C39H28N9NaO12S3. The third-order valence-corrected chi connectivity index (χ3v) is 11.8. The Morgan fingerprint density at radius 3 is 1.92 bits per heavy atom. The van der Waals surface area contributed by atoms with E-state index in [4.69, 9.17) is 11.5 Å². The molecule has 0 fully saturated rings. The van der Waals surface area contributed by atoms with Gasteiger partial charge in [-0.2, -0.15) is 32.2 Å². The first-order valence-electron chi connectivity index (χ1n) is 17.7. The monoisotopic (exact) mass is 933 g/mol. The zero-order valence-electron chi connectivity index (χ0n) is 32.6. The third kappa shape index (κ3) is 9.89. The fourth-order valence-electron chi connectivity index (χ4n) is 6.18. The Bertz CT molecular complexity index is 3290. The molecular weight excluding hydrogens is 906 g/mol. The van der Waals surface area contributed by atoms with Gasteiger partial charge in [-0.1, -0.05) is 24.3 Å². The van der Waals surface area contributed by atoms with Crippen molar-refractivity contribution in [2.75, 3.05) is 27.6 Å². The topological polar surface area (TPSA) is 355 Å². The molecule has 2 aliphatic carbocycles. The van der Waals surface area contributed by atoms with E-state index in [1.54, 1.807) is 30.3 Å². The number of carbonyl (C=O) groups excluding carboxylic acids is 3. The number of rotatable bonds is 11. The number of hydrogen-bond donors (Lipinski definition) is 7. The second-order valence-corrected chi connectivity index (χ2v) is 17.4. The molecule has 21 nitrogen and oxygen atoms in total. The fourth-order valence-corrected chi connectivity index (χ4v) is 8.19. The average molecular weight is 934 g/mol. The van der Waals surface area contributed by atoms with Crippen LogP contribution >= 0.6 is 0 Å². The predicted molar refractivity (Wildman–Crippen MR) is 230 cm³/mol. The Kier molecular flexibility index (Phi) is 13.3. The molecule has 2 aliphatic rings. The maximum Gasteiger partial charge on any atom is 1.00 e. The summed E-state index contributed by atoms with van der Waals surface area (Å²) in [5.74, 6) is -2.41. The SMILES string of the molecule is Nc1ccc(S(=O)(=O)O)c2c1C(=O)/C(=N\Nc1ccc(NC(=O)c3ccc(N=Nc4c(S(=O)(=O)[O-])cc5c(c4N)C(=O)/C(=N/Nc4ccccc4)C(S(=O)(=O)O)=C5)cc3)cc1)C=C2.[Na+]. The van der Waals surface area contributed by atoms with Gasteiger partial charge in [0.05, 0.1) is 38.8 Å². The van der Waals surface area contributed by atoms with Crippen LogP contribution < -0.4 is 57.2 Å². The summed E-state index contributed by atoms with van der Waals surface area (Å²) in [5, 5.41) is 18.4. The van der Waals surface area contributed by atoms with Gasteiger partial charge in [-0.25, -0.2) is 8.42 Å². The molecule has 0 heterocycles. The Labute approximate surface area is 385 Å². The smallest absolute Gasteiger partial charge is 0.744 e. The maximum atomic E-state index is 13.7. The number of ketones is 2. The van der Waals surface area contributed by atoms with Crippen LogP contribution in [0.1, 0.15) is 42.2 Å². The van der Waals surface area contributed by atoms with E-state index in [0.717, 1.165) is 12.1 Å². The van der Waals surface area contributed by atoms with Crippen molar-refractivity contribution in [2.45, 2.75) is 9.79 Å². The molecule has 0 atom stereocenters. The molecule has 0 radical (unpaired) electrons. The van der Waals surface area contributed by atoms with Gasteiger partial charge in [0.1, 0.15) is 31.3 Å². The van der Waals surface area contributed by atoms with E-state index in [0.29, 0.717) is 23.1 Å². The minimum atomic E-state index is -5.39. The number of Topliss-reactive ketones (excluding diaryl/α,β-unsaturated/α-hetero) is 2. The van der Waals surface area contributed by atoms with Crippen molar-refractivity contribution in [2.24, 2.45) is 20.4 Å². The second kappa shape index (κ2) is 18.2. The molecule has 5 aromatic carbocycles. The Morgan fingerprint density at radius 2 is 1.30 bits per heavy atom. The van der Waals surface area contributed by atoms with Gasteiger partial charge in [0.2, 0.25) is 11.6 Å². The van der Waals surface area contributed by atoms with Crippen LogP contribution in [-0.2, 0) is 30.4 Å². The summed E-state index contributed by atoms with van der Waals surface area (Å²) >= 11 is 0. The van der Waals surface area contributed by atoms with Crippen LogP contribution in [-0.4, -0.2) is 67.8 Å². The van der Waals surface area contributed by atoms with Gasteiger partial charge in [-0.15, -0.1) is 5.11 Å². The average Bonchev–Trinajstić information content (AvgIpc) is 3.22. The van der Waals surface area contributed by atoms with Crippen LogP contribution in [0.3, 0.4) is 0 Å². The maximum absolute atomic E-state index is 13.7. The number of amides is 1. The summed E-state index contributed by atoms with van der Waals surface area (Å²) < 4.78 is 105. The number of nitrogens with zero attached hydrogens (tertiary/aromatic N) is 4. The van der Waals surface area contributed by atoms with Crippen LogP contribution in [0, 0.1) is 0 Å². The Morgan fingerprint density at radius 1 is 0.672 bits per heavy atom. The normalized spacial score (nSPS) is 15.0. The van der Waals surface area contributed by atoms with E-state index in [9.17, 15) is 53.3 Å². The molecule has 0 saturated carbocycles. The van der Waals surface area contributed by atoms with Crippen LogP contribution in [0.2, 0.25) is 0 Å². The predicted octanol–water partition coefficient (Wildman–Crippen LogP) is 2.24. The summed E-state index contributed by atoms with van der Waals surface area (Å²) in [7, 11) is -15.2. The molecule has 0 aromatic heterocycles. The summed E-state index contributed by atoms with van der Waals surface area (Å²) in [4.78, 5) is 37.3. The second-order valence-electron chi connectivity index (χ2n) is 13.3. The van der Waals surface area contributed by atoms with Gasteiger partial charge in [0.25, 0.3) is 26.1 Å². The molecule has 0 aliphatic heterocycles. The summed E-state index contributed by atoms with van der Waals surface area (Å²) in [6.45, 7) is 0. The van der Waals surface area contributed by atoms with Crippen molar-refractivity contribution >= 4 is 111 Å². The number of fused-ring (bicyclic) bond motifs is 2. The molecule has 25 heteroatoms. The van der Waals surface area contributed by atoms with E-state index in [2.05, 4.69) is 36.6 Å². The molecule has 320 valence electrons. The molecule has 9 N–H and O–H groups in total. The van der Waals surface area contributed by atoms with Gasteiger partial charge in [0, 0.05) is 22.5 Å². The van der Waals surface area contributed by atoms with Crippen LogP contribution in [0.15, 0.2) is 138 Å². The van der Waals surface area contributed by atoms with Crippen LogP contribution in [0.5, 0.6) is 0 Å². The van der Waals surface area contributed by atoms with Gasteiger partial charge in [0.15, 0.2) is 5.71 Å². The fraction of sp³-hybridized carbons (Fsp3) is 0. The number of benzene rings is 5. The zero-order chi connectivity index (χ0) is 45.4. The Hall–Kier alpha value is -6.74. The number of hydrazone groups is 2. The summed E-state index contributed by atoms with van der Waals surface area (Å²) in [6.07, 6.45) is 3.28. The van der Waals surface area contributed by atoms with Gasteiger partial charge < -0.3 is 21.3 Å². The van der Waals surface area contributed by atoms with E-state index < -0.39 is 90.7 Å². The number of carbonyl (C=O) groups is 3. The molecule has 64 heavy (non-hydrogen) atoms. The number of azo groups is 1. The van der Waals surface area contributed by atoms with Crippen molar-refractivity contribution < 1.29 is 82.9 Å². The largest absolute Gasteiger partial charge is 1.00 e. The van der Waals surface area contributed by atoms with Gasteiger partial charge in [-0.05, 0) is 96.6 Å². The zero-order valence-corrected chi connectivity index (χ0v) is 37.1. The van der Waals surface area contributed by atoms with Crippen molar-refractivity contribution in [1.29, 1.82) is 0 Å². The first kappa shape index (κ1) is 46.8. The van der Waals surface area contributed by atoms with E-state index in [1.165, 1.54) is 66.7 Å². The van der Waals surface area contributed by atoms with E-state index >= 15 is 0 Å². The first-order chi connectivity index (χ1) is 29.7. The molecule has 0 spiro atoms. The number of anilines is 5. The number of nitrogens with two attached hydrogens (primary N) is 2. The number of hydrogen-bond acceptors (Lipinski definition) is 18. The molecule has 0 saturated heterocycles. The quantitative estimate of drug-likeness (QED) is 0.0328. The molecule has 1 amide bonds. The molecule has 5 aromatic rings. The van der Waals surface area contributed by atoms with E-state index in [1.807, 2.05) is 0 Å². The van der Waals surface area contributed by atoms with E-state index in [-0.39, 0.29) is 63.3 Å². The number of para-hydroxylation sites is 1. The number of nitrogen functional groups attached to an aromatic ring is 2. The third-order valence-electron chi connectivity index (χ3n) is 9.14. The minimum absolute atomic E-state index is 0. The molecule has 0 unspecified atom stereocenters. The van der Waals surface area contributed by atoms with Crippen molar-refractivity contribution in [3.63, 3.8) is 0 Å². The van der Waals surface area contributed by atoms with Gasteiger partial charge in [-0.3, -0.25) is 34.3 Å². The van der Waals surface area contributed by atoms with Crippen molar-refractivity contribution in [3.8, 4) is 0 Å². The first-order valence-corrected chi connectivity index (χ1v) is 21.9. The Balaban J connectivity index is 0.00000680. The number of allylic oxidation sites excluding steroid dienone is 2. The molecule has 0 bridgehead atoms. The van der Waals surface area contributed by atoms with Crippen molar-refractivity contribution in [3.05, 3.63) is 136 Å². The van der Waals surface area contributed by atoms with Crippen LogP contribution in [0.4, 0.5) is 39.8 Å². The molecule has 7 rings (SSSR count). The summed E-state index contributed by atoms with van der Waals surface area (Å²) in [6, 6.07) is 22.5. The standard InChI is InChI=1S/C39H29N9O12S3.Na/c40-27-15-17-29(61(52,53)54)26-14-16-28(37(49)33(26)27)46-43-25-12-10-22(11-13-25)42-39(51)20-6-8-24(9-7-20)45-47-35-30(62(55,56)57)18-21-19-31(63(58,59)60)36(38(50)32(21)34(35)41)48-44-23-4-2-1-3-5-23;/h1-19,43-44H,40-41H2,(H,42,51)(H,52,53,54)(H,55,56,57)(H,58,59,60);/q;+1/p-1/b46-28-,47-45?,48-36+;. The summed E-state index contributed by atoms with van der Waals surface area (Å²) in [5.41, 5.74) is 15.2. The van der Waals surface area contributed by atoms with Crippen molar-refractivity contribution in [1.82, 2.24) is 0 Å². The van der Waals surface area contributed by atoms with Gasteiger partial charge >= 0.3 is 29.6 Å². The minimum Gasteiger partial charge on any atom is -0.744 e. The van der Waals surface area contributed by atoms with Crippen LogP contribution in [0.25, 0.3) is 12.2 Å². The number of nitrogens with one attached hydrogen (secondary N) is 3.